The number of aromatic nitrogens is 1. The van der Waals surface area contributed by atoms with E-state index >= 15 is 0 Å². The molecule has 3 aliphatic heterocycles. The summed E-state index contributed by atoms with van der Waals surface area (Å²) in [7, 11) is 0. The molecule has 0 unspecified atom stereocenters. The molecule has 11 nitrogen and oxygen atoms in total. The molecular formula is C35H47F4N5O6. The molecule has 6 rings (SSSR count). The van der Waals surface area contributed by atoms with Gasteiger partial charge in [0.1, 0.15) is 12.7 Å². The number of carbonyl (C=O) groups is 4. The molecule has 2 aromatic rings. The minimum atomic E-state index is -5.08. The maximum atomic E-state index is 14.1. The number of carboxylic acids is 1. The van der Waals surface area contributed by atoms with Crippen LogP contribution in [0.4, 0.5) is 28.0 Å². The smallest absolute Gasteiger partial charge is 0.475 e. The molecule has 3 atom stereocenters. The van der Waals surface area contributed by atoms with E-state index in [-0.39, 0.29) is 29.7 Å². The number of anilines is 1. The molecule has 15 heteroatoms. The Morgan fingerprint density at radius 3 is 2.24 bits per heavy atom. The summed E-state index contributed by atoms with van der Waals surface area (Å²) in [4.78, 5) is 54.1. The van der Waals surface area contributed by atoms with Gasteiger partial charge >= 0.3 is 18.2 Å². The summed E-state index contributed by atoms with van der Waals surface area (Å²) in [6.07, 6.45) is 2.88. The Labute approximate surface area is 288 Å². The molecule has 0 radical (unpaired) electrons. The summed E-state index contributed by atoms with van der Waals surface area (Å²) < 4.78 is 52.4. The monoisotopic (exact) mass is 709 g/mol. The van der Waals surface area contributed by atoms with Gasteiger partial charge < -0.3 is 25.8 Å². The van der Waals surface area contributed by atoms with E-state index in [1.165, 1.54) is 6.42 Å². The van der Waals surface area contributed by atoms with Crippen LogP contribution in [0.25, 0.3) is 10.9 Å². The van der Waals surface area contributed by atoms with Crippen molar-refractivity contribution in [2.45, 2.75) is 108 Å². The second-order valence-corrected chi connectivity index (χ2v) is 13.9. The number of nitrogens with one attached hydrogen (secondary N) is 1. The minimum absolute atomic E-state index is 0.0324. The van der Waals surface area contributed by atoms with Crippen molar-refractivity contribution < 1.29 is 46.6 Å². The summed E-state index contributed by atoms with van der Waals surface area (Å²) in [5.74, 6) is -2.98. The van der Waals surface area contributed by atoms with E-state index in [1.54, 1.807) is 4.57 Å². The standard InChI is InChI=1S/C33H46FN5O4.C2HF3O2/c1-3-33(4-2)28-18-23-12-13-24(19-27(23)39(28)32(42)43-33)36-30(40)29-26(37-15-6-5-7-16-37)14-17-38(29)31(41)22-10-8-21(9-11-22)25(35)20-34;3-2(4,5)1(6)7/h12-13,18-19,21-22,25-26,29H,3-11,14-17,20,35H2,1-2H3,(H,36,40);(H,6,7)/t21?,22?,25-,26-,29+;/m1./s1. The molecular weight excluding hydrogens is 662 g/mol. The lowest BCUT2D eigenvalue weighted by molar-refractivity contribution is -0.192. The lowest BCUT2D eigenvalue weighted by Gasteiger charge is -2.38. The van der Waals surface area contributed by atoms with Gasteiger partial charge in [-0.3, -0.25) is 14.5 Å². The van der Waals surface area contributed by atoms with Crippen LogP contribution in [-0.4, -0.2) is 94.0 Å². The van der Waals surface area contributed by atoms with E-state index < -0.39 is 42.6 Å². The van der Waals surface area contributed by atoms with Crippen molar-refractivity contribution in [1.82, 2.24) is 14.4 Å². The zero-order chi connectivity index (χ0) is 36.4. The third-order valence-corrected chi connectivity index (χ3v) is 11.1. The van der Waals surface area contributed by atoms with Gasteiger partial charge in [-0.15, -0.1) is 0 Å². The normalized spacial score (nSPS) is 25.7. The van der Waals surface area contributed by atoms with Crippen LogP contribution in [0.5, 0.6) is 0 Å². The van der Waals surface area contributed by atoms with Crippen molar-refractivity contribution in [1.29, 1.82) is 0 Å². The zero-order valence-electron chi connectivity index (χ0n) is 28.5. The number of carboxylic acid groups (broad SMARTS) is 1. The van der Waals surface area contributed by atoms with Crippen LogP contribution >= 0.6 is 0 Å². The number of hydrogen-bond acceptors (Lipinski definition) is 7. The third kappa shape index (κ3) is 7.48. The second-order valence-electron chi connectivity index (χ2n) is 13.9. The molecule has 2 amide bonds. The Morgan fingerprint density at radius 2 is 1.66 bits per heavy atom. The number of nitrogens with zero attached hydrogens (tertiary/aromatic N) is 3. The van der Waals surface area contributed by atoms with Gasteiger partial charge in [0.25, 0.3) is 0 Å². The first-order valence-electron chi connectivity index (χ1n) is 17.6. The molecule has 1 saturated carbocycles. The zero-order valence-corrected chi connectivity index (χ0v) is 28.5. The molecule has 0 spiro atoms. The number of amides is 2. The maximum Gasteiger partial charge on any atom is 0.490 e. The summed E-state index contributed by atoms with van der Waals surface area (Å²) in [6, 6.07) is 6.55. The number of rotatable bonds is 8. The first-order valence-corrected chi connectivity index (χ1v) is 17.6. The maximum absolute atomic E-state index is 14.1. The van der Waals surface area contributed by atoms with Gasteiger partial charge in [0.2, 0.25) is 11.8 Å². The number of halogens is 4. The number of ether oxygens (including phenoxy) is 1. The first-order chi connectivity index (χ1) is 23.7. The van der Waals surface area contributed by atoms with Gasteiger partial charge in [0.05, 0.1) is 11.2 Å². The molecule has 50 heavy (non-hydrogen) atoms. The molecule has 4 heterocycles. The first kappa shape index (κ1) is 37.5. The number of aliphatic carboxylic acids is 1. The van der Waals surface area contributed by atoms with E-state index in [9.17, 15) is 31.9 Å². The van der Waals surface area contributed by atoms with Crippen molar-refractivity contribution in [3.8, 4) is 0 Å². The number of hydrogen-bond donors (Lipinski definition) is 3. The Hall–Kier alpha value is -3.72. The molecule has 4 N–H and O–H groups in total. The number of likely N-dealkylation sites (tertiary alicyclic amines) is 2. The van der Waals surface area contributed by atoms with E-state index in [2.05, 4.69) is 10.2 Å². The number of benzene rings is 1. The Morgan fingerprint density at radius 1 is 1.02 bits per heavy atom. The Kier molecular flexibility index (Phi) is 11.5. The fourth-order valence-corrected chi connectivity index (χ4v) is 8.18. The molecule has 1 aromatic heterocycles. The van der Waals surface area contributed by atoms with Gasteiger partial charge in [0, 0.05) is 35.6 Å². The van der Waals surface area contributed by atoms with Crippen LogP contribution in [0, 0.1) is 11.8 Å². The number of carbonyl (C=O) groups excluding carboxylic acids is 3. The number of fused-ring (bicyclic) bond motifs is 3. The van der Waals surface area contributed by atoms with E-state index in [1.807, 2.05) is 43.0 Å². The van der Waals surface area contributed by atoms with Crippen molar-refractivity contribution in [2.24, 2.45) is 17.6 Å². The molecule has 3 fully saturated rings. The predicted octanol–water partition coefficient (Wildman–Crippen LogP) is 5.79. The van der Waals surface area contributed by atoms with E-state index in [0.29, 0.717) is 43.4 Å². The van der Waals surface area contributed by atoms with Crippen LogP contribution in [0.1, 0.15) is 83.7 Å². The lowest BCUT2D eigenvalue weighted by atomic mass is 9.78. The Balaban J connectivity index is 0.000000630. The van der Waals surface area contributed by atoms with Crippen molar-refractivity contribution in [2.75, 3.05) is 31.6 Å². The predicted molar refractivity (Wildman–Crippen MR) is 177 cm³/mol. The number of piperidine rings is 1. The van der Waals surface area contributed by atoms with Crippen molar-refractivity contribution >= 4 is 40.5 Å². The topological polar surface area (TPSA) is 147 Å². The molecule has 0 bridgehead atoms. The van der Waals surface area contributed by atoms with Gasteiger partial charge in [-0.1, -0.05) is 26.3 Å². The van der Waals surface area contributed by atoms with Crippen LogP contribution in [0.2, 0.25) is 0 Å². The number of alkyl halides is 4. The molecule has 1 aromatic carbocycles. The van der Waals surface area contributed by atoms with Gasteiger partial charge in [-0.25, -0.2) is 18.5 Å². The van der Waals surface area contributed by atoms with E-state index in [0.717, 1.165) is 56.3 Å². The number of cyclic esters (lactones) is 1. The summed E-state index contributed by atoms with van der Waals surface area (Å²) in [5.41, 5.74) is 7.47. The van der Waals surface area contributed by atoms with Crippen molar-refractivity contribution in [3.05, 3.63) is 30.0 Å². The molecule has 276 valence electrons. The highest BCUT2D eigenvalue weighted by Crippen LogP contribution is 2.42. The van der Waals surface area contributed by atoms with E-state index in [4.69, 9.17) is 20.4 Å². The van der Waals surface area contributed by atoms with Crippen LogP contribution < -0.4 is 11.1 Å². The fourth-order valence-electron chi connectivity index (χ4n) is 8.18. The average molecular weight is 710 g/mol. The summed E-state index contributed by atoms with van der Waals surface area (Å²) in [6.45, 7) is 5.93. The third-order valence-electron chi connectivity index (χ3n) is 11.1. The van der Waals surface area contributed by atoms with Crippen LogP contribution in [0.15, 0.2) is 24.3 Å². The minimum Gasteiger partial charge on any atom is -0.475 e. The van der Waals surface area contributed by atoms with Gasteiger partial charge in [0.15, 0.2) is 5.60 Å². The average Bonchev–Trinajstić information content (AvgIpc) is 3.80. The van der Waals surface area contributed by atoms with Gasteiger partial charge in [-0.2, -0.15) is 13.2 Å². The Bertz CT molecular complexity index is 1560. The molecule has 2 saturated heterocycles. The second kappa shape index (κ2) is 15.3. The molecule has 4 aliphatic rings. The highest BCUT2D eigenvalue weighted by molar-refractivity contribution is 6.01. The summed E-state index contributed by atoms with van der Waals surface area (Å²) >= 11 is 0. The van der Waals surface area contributed by atoms with Crippen molar-refractivity contribution in [3.63, 3.8) is 0 Å². The highest BCUT2D eigenvalue weighted by atomic mass is 19.4. The van der Waals surface area contributed by atoms with Crippen LogP contribution in [0.3, 0.4) is 0 Å². The highest BCUT2D eigenvalue weighted by Gasteiger charge is 2.47. The largest absolute Gasteiger partial charge is 0.490 e. The summed E-state index contributed by atoms with van der Waals surface area (Å²) in [5, 5.41) is 11.2. The lowest BCUT2D eigenvalue weighted by Crippen LogP contribution is -2.55. The van der Waals surface area contributed by atoms with Gasteiger partial charge in [-0.05, 0) is 95.0 Å². The SMILES string of the molecule is CCC1(CC)OC(=O)n2c1cc1ccc(NC(=O)[C@@H]3[C@H](N4CCCCC4)CCN3C(=O)C3CCC([C@H](N)CF)CC3)cc12.O=C(O)C(F)(F)F. The van der Waals surface area contributed by atoms with Crippen LogP contribution in [-0.2, 0) is 24.7 Å². The molecule has 1 aliphatic carbocycles. The number of nitrogens with two attached hydrogens (primary N) is 1. The fraction of sp³-hybridized carbons (Fsp3) is 0.657. The quantitative estimate of drug-likeness (QED) is 0.292.